The van der Waals surface area contributed by atoms with Gasteiger partial charge in [-0.1, -0.05) is 36.4 Å². The van der Waals surface area contributed by atoms with Crippen molar-refractivity contribution in [2.45, 2.75) is 26.4 Å². The van der Waals surface area contributed by atoms with Crippen LogP contribution in [-0.4, -0.2) is 25.9 Å². The predicted octanol–water partition coefficient (Wildman–Crippen LogP) is 5.09. The van der Waals surface area contributed by atoms with Crippen molar-refractivity contribution in [3.05, 3.63) is 59.7 Å². The summed E-state index contributed by atoms with van der Waals surface area (Å²) in [6, 6.07) is 16.4. The van der Waals surface area contributed by atoms with E-state index in [-0.39, 0.29) is 5.60 Å². The van der Waals surface area contributed by atoms with Crippen molar-refractivity contribution in [1.29, 1.82) is 0 Å². The molecule has 0 aliphatic rings. The Hall–Kier alpha value is -2.26. The van der Waals surface area contributed by atoms with Crippen molar-refractivity contribution < 1.29 is 9.47 Å². The lowest BCUT2D eigenvalue weighted by Crippen LogP contribution is -2.22. The predicted molar refractivity (Wildman–Crippen MR) is 103 cm³/mol. The summed E-state index contributed by atoms with van der Waals surface area (Å²) < 4.78 is 11.3. The average molecular weight is 325 g/mol. The van der Waals surface area contributed by atoms with Crippen LogP contribution in [0.5, 0.6) is 5.75 Å². The number of rotatable bonds is 7. The number of hydrogen-bond acceptors (Lipinski definition) is 3. The molecule has 2 aromatic carbocycles. The molecule has 3 nitrogen and oxygen atoms in total. The Morgan fingerprint density at radius 1 is 0.833 bits per heavy atom. The van der Waals surface area contributed by atoms with Crippen LogP contribution in [0.3, 0.4) is 0 Å². The van der Waals surface area contributed by atoms with Crippen LogP contribution in [0.15, 0.2) is 48.5 Å². The molecule has 0 fully saturated rings. The van der Waals surface area contributed by atoms with Crippen LogP contribution in [0.4, 0.5) is 5.69 Å². The Morgan fingerprint density at radius 3 is 1.88 bits per heavy atom. The summed E-state index contributed by atoms with van der Waals surface area (Å²) in [5.74, 6) is 0.864. The van der Waals surface area contributed by atoms with Crippen molar-refractivity contribution in [3.63, 3.8) is 0 Å². The molecule has 0 aliphatic carbocycles. The number of benzene rings is 2. The summed E-state index contributed by atoms with van der Waals surface area (Å²) in [5, 5.41) is 3.12. The molecule has 0 saturated carbocycles. The van der Waals surface area contributed by atoms with E-state index in [4.69, 9.17) is 9.47 Å². The lowest BCUT2D eigenvalue weighted by atomic mass is 10.1. The van der Waals surface area contributed by atoms with Gasteiger partial charge in [0.25, 0.3) is 0 Å². The third kappa shape index (κ3) is 6.47. The van der Waals surface area contributed by atoms with Gasteiger partial charge in [0.1, 0.15) is 12.4 Å². The van der Waals surface area contributed by atoms with Gasteiger partial charge in [-0.05, 0) is 56.2 Å². The maximum absolute atomic E-state index is 5.69. The summed E-state index contributed by atoms with van der Waals surface area (Å²) in [7, 11) is 1.92. The van der Waals surface area contributed by atoms with Crippen LogP contribution < -0.4 is 10.1 Å². The first-order valence-electron chi connectivity index (χ1n) is 8.29. The minimum Gasteiger partial charge on any atom is -0.491 e. The third-order valence-corrected chi connectivity index (χ3v) is 3.43. The second-order valence-electron chi connectivity index (χ2n) is 6.58. The van der Waals surface area contributed by atoms with Crippen molar-refractivity contribution >= 4 is 17.8 Å². The van der Waals surface area contributed by atoms with Gasteiger partial charge < -0.3 is 14.8 Å². The molecule has 0 aliphatic heterocycles. The maximum atomic E-state index is 5.69. The zero-order valence-corrected chi connectivity index (χ0v) is 15.0. The Kier molecular flexibility index (Phi) is 6.44. The summed E-state index contributed by atoms with van der Waals surface area (Å²) in [6.07, 6.45) is 4.20. The highest BCUT2D eigenvalue weighted by molar-refractivity contribution is 5.70. The fourth-order valence-corrected chi connectivity index (χ4v) is 2.14. The Bertz CT molecular complexity index is 637. The monoisotopic (exact) mass is 325 g/mol. The van der Waals surface area contributed by atoms with Crippen LogP contribution in [-0.2, 0) is 4.74 Å². The molecule has 0 amide bonds. The Labute approximate surface area is 145 Å². The largest absolute Gasteiger partial charge is 0.491 e. The SMILES string of the molecule is CNc1ccc(/C=C/c2ccc(OCCOC(C)(C)C)cc2)cc1. The molecule has 128 valence electrons. The summed E-state index contributed by atoms with van der Waals surface area (Å²) in [6.45, 7) is 7.28. The van der Waals surface area contributed by atoms with E-state index in [1.54, 1.807) is 0 Å². The van der Waals surface area contributed by atoms with Gasteiger partial charge >= 0.3 is 0 Å². The molecule has 2 rings (SSSR count). The quantitative estimate of drug-likeness (QED) is 0.568. The molecule has 2 aromatic rings. The number of ether oxygens (including phenoxy) is 2. The molecule has 3 heteroatoms. The number of hydrogen-bond donors (Lipinski definition) is 1. The summed E-state index contributed by atoms with van der Waals surface area (Å²) in [4.78, 5) is 0. The fraction of sp³-hybridized carbons (Fsp3) is 0.333. The van der Waals surface area contributed by atoms with E-state index in [0.29, 0.717) is 13.2 Å². The molecule has 24 heavy (non-hydrogen) atoms. The first-order valence-corrected chi connectivity index (χ1v) is 8.29. The molecule has 0 heterocycles. The smallest absolute Gasteiger partial charge is 0.119 e. The second kappa shape index (κ2) is 8.55. The zero-order valence-electron chi connectivity index (χ0n) is 15.0. The molecule has 0 saturated heterocycles. The normalized spacial score (nSPS) is 11.7. The molecule has 0 radical (unpaired) electrons. The van der Waals surface area contributed by atoms with Crippen molar-refractivity contribution in [2.24, 2.45) is 0 Å². The van der Waals surface area contributed by atoms with E-state index in [9.17, 15) is 0 Å². The molecule has 0 aromatic heterocycles. The Balaban J connectivity index is 1.83. The molecule has 1 N–H and O–H groups in total. The van der Waals surface area contributed by atoms with Gasteiger partial charge in [-0.3, -0.25) is 0 Å². The zero-order chi connectivity index (χ0) is 17.4. The first kappa shape index (κ1) is 18.1. The lowest BCUT2D eigenvalue weighted by Gasteiger charge is -2.19. The van der Waals surface area contributed by atoms with Gasteiger partial charge in [-0.15, -0.1) is 0 Å². The van der Waals surface area contributed by atoms with E-state index in [0.717, 1.165) is 17.0 Å². The summed E-state index contributed by atoms with van der Waals surface area (Å²) in [5.41, 5.74) is 3.31. The van der Waals surface area contributed by atoms with E-state index in [2.05, 4.69) is 53.9 Å². The minimum absolute atomic E-state index is 0.122. The minimum atomic E-state index is -0.122. The lowest BCUT2D eigenvalue weighted by molar-refractivity contribution is -0.0163. The highest BCUT2D eigenvalue weighted by atomic mass is 16.5. The van der Waals surface area contributed by atoms with Crippen LogP contribution in [0.1, 0.15) is 31.9 Å². The first-order chi connectivity index (χ1) is 11.5. The van der Waals surface area contributed by atoms with Crippen LogP contribution in [0, 0.1) is 0 Å². The molecule has 0 atom stereocenters. The highest BCUT2D eigenvalue weighted by Crippen LogP contribution is 2.16. The van der Waals surface area contributed by atoms with E-state index in [1.807, 2.05) is 40.0 Å². The van der Waals surface area contributed by atoms with Crippen LogP contribution in [0.25, 0.3) is 12.2 Å². The van der Waals surface area contributed by atoms with Gasteiger partial charge in [0.05, 0.1) is 12.2 Å². The highest BCUT2D eigenvalue weighted by Gasteiger charge is 2.09. The maximum Gasteiger partial charge on any atom is 0.119 e. The van der Waals surface area contributed by atoms with Gasteiger partial charge in [0.15, 0.2) is 0 Å². The van der Waals surface area contributed by atoms with Crippen LogP contribution >= 0.6 is 0 Å². The van der Waals surface area contributed by atoms with Crippen molar-refractivity contribution in [3.8, 4) is 5.75 Å². The van der Waals surface area contributed by atoms with E-state index < -0.39 is 0 Å². The average Bonchev–Trinajstić information content (AvgIpc) is 2.57. The van der Waals surface area contributed by atoms with Gasteiger partial charge in [-0.25, -0.2) is 0 Å². The molecular weight excluding hydrogens is 298 g/mol. The molecule has 0 spiro atoms. The van der Waals surface area contributed by atoms with Crippen LogP contribution in [0.2, 0.25) is 0 Å². The number of nitrogens with one attached hydrogen (secondary N) is 1. The topological polar surface area (TPSA) is 30.5 Å². The van der Waals surface area contributed by atoms with Crippen molar-refractivity contribution in [2.75, 3.05) is 25.6 Å². The van der Waals surface area contributed by atoms with Crippen molar-refractivity contribution in [1.82, 2.24) is 0 Å². The standard InChI is InChI=1S/C21H27NO2/c1-21(2,3)24-16-15-23-20-13-9-18(10-14-20)6-5-17-7-11-19(22-4)12-8-17/h5-14,22H,15-16H2,1-4H3/b6-5+. The molecule has 0 bridgehead atoms. The van der Waals surface area contributed by atoms with Gasteiger partial charge in [-0.2, -0.15) is 0 Å². The van der Waals surface area contributed by atoms with Gasteiger partial charge in [0, 0.05) is 12.7 Å². The van der Waals surface area contributed by atoms with E-state index in [1.165, 1.54) is 5.56 Å². The second-order valence-corrected chi connectivity index (χ2v) is 6.58. The Morgan fingerprint density at radius 2 is 1.38 bits per heavy atom. The molecular formula is C21H27NO2. The number of anilines is 1. The van der Waals surface area contributed by atoms with E-state index >= 15 is 0 Å². The third-order valence-electron chi connectivity index (χ3n) is 3.43. The van der Waals surface area contributed by atoms with Gasteiger partial charge in [0.2, 0.25) is 0 Å². The fourth-order valence-electron chi connectivity index (χ4n) is 2.14. The molecule has 0 unspecified atom stereocenters. The summed E-state index contributed by atoms with van der Waals surface area (Å²) >= 11 is 0.